The Bertz CT molecular complexity index is 264. The van der Waals surface area contributed by atoms with E-state index < -0.39 is 0 Å². The number of carbonyl (C=O) groups is 2. The summed E-state index contributed by atoms with van der Waals surface area (Å²) in [4.78, 5) is 23.1. The summed E-state index contributed by atoms with van der Waals surface area (Å²) >= 11 is 0. The Morgan fingerprint density at radius 1 is 0.727 bits per heavy atom. The lowest BCUT2D eigenvalue weighted by Gasteiger charge is -2.11. The fraction of sp³-hybridized carbons (Fsp3) is 0.875. The van der Waals surface area contributed by atoms with Gasteiger partial charge in [-0.3, -0.25) is 9.59 Å². The molecular formula is C16H30O6. The van der Waals surface area contributed by atoms with Crippen molar-refractivity contribution in [2.75, 3.05) is 39.6 Å². The van der Waals surface area contributed by atoms with Crippen molar-refractivity contribution in [3.63, 3.8) is 0 Å². The summed E-state index contributed by atoms with van der Waals surface area (Å²) < 4.78 is 20.5. The van der Waals surface area contributed by atoms with Gasteiger partial charge in [-0.05, 0) is 18.8 Å². The molecule has 6 nitrogen and oxygen atoms in total. The first-order valence-corrected chi connectivity index (χ1v) is 8.06. The molecular weight excluding hydrogens is 288 g/mol. The molecule has 0 radical (unpaired) electrons. The van der Waals surface area contributed by atoms with Crippen molar-refractivity contribution in [2.24, 2.45) is 5.92 Å². The average molecular weight is 318 g/mol. The average Bonchev–Trinajstić information content (AvgIpc) is 2.46. The molecule has 0 bridgehead atoms. The summed E-state index contributed by atoms with van der Waals surface area (Å²) in [6.45, 7) is 8.52. The van der Waals surface area contributed by atoms with Gasteiger partial charge < -0.3 is 18.9 Å². The van der Waals surface area contributed by atoms with Crippen LogP contribution < -0.4 is 0 Å². The molecule has 0 aliphatic rings. The molecule has 0 saturated carbocycles. The highest BCUT2D eigenvalue weighted by Crippen LogP contribution is 2.09. The largest absolute Gasteiger partial charge is 0.463 e. The maximum absolute atomic E-state index is 11.6. The molecule has 0 aromatic heterocycles. The van der Waals surface area contributed by atoms with Crippen molar-refractivity contribution in [3.8, 4) is 0 Å². The molecule has 0 aliphatic heterocycles. The lowest BCUT2D eigenvalue weighted by molar-refractivity contribution is -0.148. The molecule has 0 unspecified atom stereocenters. The molecule has 0 atom stereocenters. The topological polar surface area (TPSA) is 71.1 Å². The monoisotopic (exact) mass is 318 g/mol. The molecule has 0 heterocycles. The summed E-state index contributed by atoms with van der Waals surface area (Å²) in [5.41, 5.74) is 0. The lowest BCUT2D eigenvalue weighted by Crippen LogP contribution is -2.17. The van der Waals surface area contributed by atoms with E-state index in [9.17, 15) is 9.59 Å². The maximum atomic E-state index is 11.6. The molecule has 0 aromatic carbocycles. The van der Waals surface area contributed by atoms with Crippen molar-refractivity contribution in [1.29, 1.82) is 0 Å². The minimum absolute atomic E-state index is 0.104. The van der Waals surface area contributed by atoms with E-state index in [1.165, 1.54) is 0 Å². The van der Waals surface area contributed by atoms with Crippen LogP contribution in [0, 0.1) is 5.92 Å². The second kappa shape index (κ2) is 14.8. The number of hydrogen-bond donors (Lipinski definition) is 0. The van der Waals surface area contributed by atoms with Crippen LogP contribution in [0.3, 0.4) is 0 Å². The third-order valence-electron chi connectivity index (χ3n) is 2.71. The van der Waals surface area contributed by atoms with E-state index in [1.54, 1.807) is 0 Å². The third-order valence-corrected chi connectivity index (χ3v) is 2.71. The Hall–Kier alpha value is -1.14. The van der Waals surface area contributed by atoms with Crippen molar-refractivity contribution < 1.29 is 28.5 Å². The molecule has 0 spiro atoms. The van der Waals surface area contributed by atoms with Crippen LogP contribution >= 0.6 is 0 Å². The van der Waals surface area contributed by atoms with E-state index in [0.717, 1.165) is 12.8 Å². The first-order valence-electron chi connectivity index (χ1n) is 8.06. The number of hydrogen-bond acceptors (Lipinski definition) is 6. The zero-order valence-electron chi connectivity index (χ0n) is 14.1. The van der Waals surface area contributed by atoms with E-state index in [2.05, 4.69) is 0 Å². The van der Waals surface area contributed by atoms with Gasteiger partial charge in [0, 0.05) is 26.1 Å². The smallest absolute Gasteiger partial charge is 0.306 e. The van der Waals surface area contributed by atoms with Crippen LogP contribution in [0.25, 0.3) is 0 Å². The van der Waals surface area contributed by atoms with Gasteiger partial charge in [0.1, 0.15) is 13.2 Å². The van der Waals surface area contributed by atoms with Crippen molar-refractivity contribution >= 4 is 11.9 Å². The van der Waals surface area contributed by atoms with Crippen LogP contribution in [-0.4, -0.2) is 51.6 Å². The fourth-order valence-corrected chi connectivity index (χ4v) is 1.68. The highest BCUT2D eigenvalue weighted by Gasteiger charge is 2.15. The van der Waals surface area contributed by atoms with Gasteiger partial charge in [0.25, 0.3) is 0 Å². The second-order valence-corrected chi connectivity index (χ2v) is 5.18. The van der Waals surface area contributed by atoms with Gasteiger partial charge in [0.15, 0.2) is 0 Å². The van der Waals surface area contributed by atoms with Crippen molar-refractivity contribution in [3.05, 3.63) is 0 Å². The maximum Gasteiger partial charge on any atom is 0.306 e. The van der Waals surface area contributed by atoms with E-state index >= 15 is 0 Å². The van der Waals surface area contributed by atoms with Gasteiger partial charge >= 0.3 is 11.9 Å². The van der Waals surface area contributed by atoms with Crippen LogP contribution in [0.4, 0.5) is 0 Å². The predicted octanol–water partition coefficient (Wildman–Crippen LogP) is 2.34. The second-order valence-electron chi connectivity index (χ2n) is 5.18. The van der Waals surface area contributed by atoms with E-state index in [4.69, 9.17) is 18.9 Å². The van der Waals surface area contributed by atoms with Gasteiger partial charge in [-0.25, -0.2) is 0 Å². The molecule has 0 aliphatic carbocycles. The number of carbonyl (C=O) groups excluding carboxylic acids is 2. The lowest BCUT2D eigenvalue weighted by atomic mass is 10.0. The van der Waals surface area contributed by atoms with Gasteiger partial charge in [-0.15, -0.1) is 0 Å². The minimum atomic E-state index is -0.313. The normalized spacial score (nSPS) is 10.7. The molecule has 0 saturated heterocycles. The zero-order valence-corrected chi connectivity index (χ0v) is 14.1. The Morgan fingerprint density at radius 2 is 1.14 bits per heavy atom. The van der Waals surface area contributed by atoms with Crippen LogP contribution in [-0.2, 0) is 28.5 Å². The molecule has 0 fully saturated rings. The molecule has 130 valence electrons. The number of esters is 2. The van der Waals surface area contributed by atoms with Crippen LogP contribution in [0.1, 0.15) is 46.5 Å². The summed E-state index contributed by atoms with van der Waals surface area (Å²) in [6, 6.07) is 0. The number of rotatable bonds is 14. The summed E-state index contributed by atoms with van der Waals surface area (Å²) in [6.07, 6.45) is 2.29. The quantitative estimate of drug-likeness (QED) is 0.362. The van der Waals surface area contributed by atoms with Crippen LogP contribution in [0.15, 0.2) is 0 Å². The van der Waals surface area contributed by atoms with Gasteiger partial charge in [0.2, 0.25) is 0 Å². The Balaban J connectivity index is 3.58. The SMILES string of the molecule is CCCOCCOC(=O)CC(C)CC(=O)OCCOCCC. The van der Waals surface area contributed by atoms with Crippen molar-refractivity contribution in [2.45, 2.75) is 46.5 Å². The van der Waals surface area contributed by atoms with Gasteiger partial charge in [-0.1, -0.05) is 20.8 Å². The molecule has 22 heavy (non-hydrogen) atoms. The van der Waals surface area contributed by atoms with Gasteiger partial charge in [0.05, 0.1) is 13.2 Å². The Kier molecular flexibility index (Phi) is 14.0. The summed E-state index contributed by atoms with van der Waals surface area (Å²) in [5, 5.41) is 0. The first-order chi connectivity index (χ1) is 10.6. The van der Waals surface area contributed by atoms with E-state index in [1.807, 2.05) is 20.8 Å². The summed E-state index contributed by atoms with van der Waals surface area (Å²) in [7, 11) is 0. The molecule has 0 aromatic rings. The Labute approximate surface area is 133 Å². The highest BCUT2D eigenvalue weighted by atomic mass is 16.6. The fourth-order valence-electron chi connectivity index (χ4n) is 1.68. The van der Waals surface area contributed by atoms with Crippen LogP contribution in [0.2, 0.25) is 0 Å². The predicted molar refractivity (Wildman–Crippen MR) is 82.5 cm³/mol. The van der Waals surface area contributed by atoms with E-state index in [0.29, 0.717) is 26.4 Å². The highest BCUT2D eigenvalue weighted by molar-refractivity contribution is 5.73. The molecule has 0 N–H and O–H groups in total. The molecule has 0 rings (SSSR count). The third kappa shape index (κ3) is 13.8. The Morgan fingerprint density at radius 3 is 1.50 bits per heavy atom. The first kappa shape index (κ1) is 20.9. The van der Waals surface area contributed by atoms with Crippen molar-refractivity contribution in [1.82, 2.24) is 0 Å². The zero-order chi connectivity index (χ0) is 16.6. The van der Waals surface area contributed by atoms with E-state index in [-0.39, 0.29) is 43.9 Å². The van der Waals surface area contributed by atoms with Gasteiger partial charge in [-0.2, -0.15) is 0 Å². The van der Waals surface area contributed by atoms with Crippen LogP contribution in [0.5, 0.6) is 0 Å². The molecule has 0 amide bonds. The molecule has 6 heteroatoms. The minimum Gasteiger partial charge on any atom is -0.463 e. The summed E-state index contributed by atoms with van der Waals surface area (Å²) in [5.74, 6) is -0.730. The number of ether oxygens (including phenoxy) is 4. The standard InChI is InChI=1S/C16H30O6/c1-4-6-19-8-10-21-15(17)12-14(3)13-16(18)22-11-9-20-7-5-2/h14H,4-13H2,1-3H3.